The van der Waals surface area contributed by atoms with Crippen molar-refractivity contribution >= 4 is 34.1 Å². The first-order chi connectivity index (χ1) is 16.6. The SMILES string of the molecule is COc1ccc(C2=NN(C(=O)c3ccccc3)[C@@H](c3cc4cccc(OC)c4nc3Cl)C2)cc1. The number of halogens is 1. The van der Waals surface area contributed by atoms with E-state index in [0.717, 1.165) is 28.0 Å². The maximum atomic E-state index is 13.5. The minimum Gasteiger partial charge on any atom is -0.497 e. The van der Waals surface area contributed by atoms with E-state index in [4.69, 9.17) is 26.2 Å². The van der Waals surface area contributed by atoms with Crippen LogP contribution in [0.25, 0.3) is 10.9 Å². The maximum Gasteiger partial charge on any atom is 0.274 e. The van der Waals surface area contributed by atoms with Crippen molar-refractivity contribution in [2.75, 3.05) is 14.2 Å². The maximum absolute atomic E-state index is 13.5. The highest BCUT2D eigenvalue weighted by Gasteiger charge is 2.35. The molecule has 34 heavy (non-hydrogen) atoms. The average molecular weight is 472 g/mol. The van der Waals surface area contributed by atoms with Crippen LogP contribution in [-0.2, 0) is 0 Å². The molecule has 1 aliphatic rings. The topological polar surface area (TPSA) is 64.0 Å². The molecule has 4 aromatic rings. The molecule has 0 fully saturated rings. The molecule has 0 unspecified atom stereocenters. The molecule has 0 bridgehead atoms. The van der Waals surface area contributed by atoms with Crippen LogP contribution in [0.3, 0.4) is 0 Å². The minimum atomic E-state index is -0.402. The zero-order valence-corrected chi connectivity index (χ0v) is 19.5. The minimum absolute atomic E-state index is 0.198. The number of carbonyl (C=O) groups excluding carboxylic acids is 1. The number of fused-ring (bicyclic) bond motifs is 1. The van der Waals surface area contributed by atoms with E-state index in [1.165, 1.54) is 5.01 Å². The van der Waals surface area contributed by atoms with E-state index in [-0.39, 0.29) is 5.91 Å². The number of nitrogens with zero attached hydrogens (tertiary/aromatic N) is 3. The third kappa shape index (κ3) is 3.97. The van der Waals surface area contributed by atoms with E-state index in [9.17, 15) is 4.79 Å². The monoisotopic (exact) mass is 471 g/mol. The van der Waals surface area contributed by atoms with E-state index in [1.54, 1.807) is 26.4 Å². The van der Waals surface area contributed by atoms with E-state index < -0.39 is 6.04 Å². The Labute approximate surface area is 202 Å². The number of rotatable bonds is 5. The summed E-state index contributed by atoms with van der Waals surface area (Å²) in [5.41, 5.74) is 3.67. The Morgan fingerprint density at radius 3 is 2.44 bits per heavy atom. The molecule has 0 spiro atoms. The standard InChI is InChI=1S/C27H22ClN3O3/c1-33-20-13-11-17(12-14-20)22-16-23(31(30-22)27(32)18-7-4-3-5-8-18)21-15-19-9-6-10-24(34-2)25(19)29-26(21)28/h3-15,23H,16H2,1-2H3/t23-/m1/s1. The second kappa shape index (κ2) is 9.15. The number of amides is 1. The lowest BCUT2D eigenvalue weighted by Gasteiger charge is -2.23. The number of hydrogen-bond acceptors (Lipinski definition) is 5. The number of aromatic nitrogens is 1. The summed E-state index contributed by atoms with van der Waals surface area (Å²) >= 11 is 6.69. The van der Waals surface area contributed by atoms with Gasteiger partial charge in [-0.3, -0.25) is 4.79 Å². The second-order valence-corrected chi connectivity index (χ2v) is 8.27. The fraction of sp³-hybridized carbons (Fsp3) is 0.148. The summed E-state index contributed by atoms with van der Waals surface area (Å²) in [5.74, 6) is 1.20. The molecule has 2 heterocycles. The molecule has 0 saturated heterocycles. The van der Waals surface area contributed by atoms with Gasteiger partial charge in [0.1, 0.15) is 22.2 Å². The second-order valence-electron chi connectivity index (χ2n) is 7.91. The Bertz CT molecular complexity index is 1390. The van der Waals surface area contributed by atoms with Crippen molar-refractivity contribution in [2.24, 2.45) is 5.10 Å². The van der Waals surface area contributed by atoms with Gasteiger partial charge in [0, 0.05) is 22.9 Å². The van der Waals surface area contributed by atoms with E-state index in [2.05, 4.69) is 4.98 Å². The van der Waals surface area contributed by atoms with Crippen LogP contribution >= 0.6 is 11.6 Å². The fourth-order valence-electron chi connectivity index (χ4n) is 4.17. The lowest BCUT2D eigenvalue weighted by atomic mass is 9.98. The first kappa shape index (κ1) is 21.9. The number of ether oxygens (including phenoxy) is 2. The van der Waals surface area contributed by atoms with Crippen LogP contribution in [0.2, 0.25) is 5.15 Å². The molecular weight excluding hydrogens is 450 g/mol. The Kier molecular flexibility index (Phi) is 5.90. The Morgan fingerprint density at radius 1 is 0.971 bits per heavy atom. The summed E-state index contributed by atoms with van der Waals surface area (Å²) < 4.78 is 10.7. The van der Waals surface area contributed by atoms with Crippen molar-refractivity contribution in [1.29, 1.82) is 0 Å². The molecule has 7 heteroatoms. The van der Waals surface area contributed by atoms with E-state index >= 15 is 0 Å². The molecule has 0 saturated carbocycles. The molecular formula is C27H22ClN3O3. The summed E-state index contributed by atoms with van der Waals surface area (Å²) in [6.45, 7) is 0. The highest BCUT2D eigenvalue weighted by molar-refractivity contribution is 6.30. The quantitative estimate of drug-likeness (QED) is 0.340. The number of hydrogen-bond donors (Lipinski definition) is 0. The summed E-state index contributed by atoms with van der Waals surface area (Å²) in [4.78, 5) is 18.1. The number of hydrazone groups is 1. The largest absolute Gasteiger partial charge is 0.497 e. The molecule has 0 radical (unpaired) electrons. The van der Waals surface area contributed by atoms with Crippen molar-refractivity contribution in [3.8, 4) is 11.5 Å². The van der Waals surface area contributed by atoms with Crippen LogP contribution in [-0.4, -0.2) is 35.8 Å². The molecule has 5 rings (SSSR count). The van der Waals surface area contributed by atoms with Crippen molar-refractivity contribution in [1.82, 2.24) is 9.99 Å². The molecule has 3 aromatic carbocycles. The van der Waals surface area contributed by atoms with Gasteiger partial charge in [0.05, 0.1) is 26.0 Å². The van der Waals surface area contributed by atoms with Gasteiger partial charge in [0.15, 0.2) is 0 Å². The van der Waals surface area contributed by atoms with Gasteiger partial charge in [0.2, 0.25) is 0 Å². The summed E-state index contributed by atoms with van der Waals surface area (Å²) in [6, 6.07) is 24.0. The van der Waals surface area contributed by atoms with Crippen LogP contribution in [0.15, 0.2) is 84.0 Å². The number of pyridine rings is 1. The van der Waals surface area contributed by atoms with Crippen LogP contribution < -0.4 is 9.47 Å². The third-order valence-corrected chi connectivity index (χ3v) is 6.23. The highest BCUT2D eigenvalue weighted by atomic mass is 35.5. The lowest BCUT2D eigenvalue weighted by Crippen LogP contribution is -2.27. The van der Waals surface area contributed by atoms with Crippen molar-refractivity contribution in [3.05, 3.63) is 101 Å². The van der Waals surface area contributed by atoms with Gasteiger partial charge in [-0.05, 0) is 54.1 Å². The lowest BCUT2D eigenvalue weighted by molar-refractivity contribution is 0.0711. The predicted octanol–water partition coefficient (Wildman–Crippen LogP) is 5.90. The molecule has 1 amide bonds. The smallest absolute Gasteiger partial charge is 0.274 e. The third-order valence-electron chi connectivity index (χ3n) is 5.93. The number of benzene rings is 3. The first-order valence-corrected chi connectivity index (χ1v) is 11.2. The van der Waals surface area contributed by atoms with Gasteiger partial charge < -0.3 is 9.47 Å². The molecule has 1 atom stereocenters. The molecule has 170 valence electrons. The number of carbonyl (C=O) groups is 1. The summed E-state index contributed by atoms with van der Waals surface area (Å²) in [6.07, 6.45) is 0.502. The molecule has 0 N–H and O–H groups in total. The Hall–Kier alpha value is -3.90. The van der Waals surface area contributed by atoms with Gasteiger partial charge in [-0.1, -0.05) is 41.9 Å². The van der Waals surface area contributed by atoms with Gasteiger partial charge in [-0.2, -0.15) is 5.10 Å². The Balaban J connectivity index is 1.59. The fourth-order valence-corrected chi connectivity index (χ4v) is 4.44. The number of methoxy groups -OCH3 is 2. The van der Waals surface area contributed by atoms with Crippen LogP contribution in [0.5, 0.6) is 11.5 Å². The van der Waals surface area contributed by atoms with E-state index in [1.807, 2.05) is 66.7 Å². The molecule has 1 aromatic heterocycles. The summed E-state index contributed by atoms with van der Waals surface area (Å²) in [7, 11) is 3.23. The molecule has 0 aliphatic carbocycles. The van der Waals surface area contributed by atoms with Gasteiger partial charge in [0.25, 0.3) is 5.91 Å². The Morgan fingerprint density at radius 2 is 1.74 bits per heavy atom. The predicted molar refractivity (Wildman–Crippen MR) is 133 cm³/mol. The van der Waals surface area contributed by atoms with Gasteiger partial charge in [-0.25, -0.2) is 9.99 Å². The molecule has 1 aliphatic heterocycles. The summed E-state index contributed by atoms with van der Waals surface area (Å²) in [5, 5.41) is 7.47. The average Bonchev–Trinajstić information content (AvgIpc) is 3.33. The van der Waals surface area contributed by atoms with Crippen molar-refractivity contribution in [3.63, 3.8) is 0 Å². The van der Waals surface area contributed by atoms with Crippen LogP contribution in [0.4, 0.5) is 0 Å². The normalized spacial score (nSPS) is 15.3. The first-order valence-electron chi connectivity index (χ1n) is 10.8. The van der Waals surface area contributed by atoms with Crippen molar-refractivity contribution in [2.45, 2.75) is 12.5 Å². The zero-order valence-electron chi connectivity index (χ0n) is 18.7. The van der Waals surface area contributed by atoms with Crippen LogP contribution in [0.1, 0.15) is 33.9 Å². The highest BCUT2D eigenvalue weighted by Crippen LogP contribution is 2.39. The molecule has 6 nitrogen and oxygen atoms in total. The zero-order chi connectivity index (χ0) is 23.7. The van der Waals surface area contributed by atoms with Gasteiger partial charge >= 0.3 is 0 Å². The van der Waals surface area contributed by atoms with Crippen LogP contribution in [0, 0.1) is 0 Å². The van der Waals surface area contributed by atoms with E-state index in [0.29, 0.717) is 28.4 Å². The van der Waals surface area contributed by atoms with Gasteiger partial charge in [-0.15, -0.1) is 0 Å². The number of para-hydroxylation sites is 1. The van der Waals surface area contributed by atoms with Crippen molar-refractivity contribution < 1.29 is 14.3 Å².